The molecule has 3 heteroatoms. The van der Waals surface area contributed by atoms with Crippen molar-refractivity contribution in [2.24, 2.45) is 0 Å². The zero-order valence-corrected chi connectivity index (χ0v) is 8.12. The number of hydrogen-bond acceptors (Lipinski definition) is 1. The minimum absolute atomic E-state index is 0.782. The highest BCUT2D eigenvalue weighted by Gasteiger charge is 2.01. The van der Waals surface area contributed by atoms with Crippen LogP contribution in [0.5, 0.6) is 0 Å². The van der Waals surface area contributed by atoms with Gasteiger partial charge in [-0.3, -0.25) is 0 Å². The maximum atomic E-state index is 5.23. The Morgan fingerprint density at radius 3 is 2.56 bits per heavy atom. The molecule has 9 heavy (non-hydrogen) atoms. The summed E-state index contributed by atoms with van der Waals surface area (Å²) in [7, 11) is 0. The van der Waals surface area contributed by atoms with Crippen LogP contribution in [0.25, 0.3) is 0 Å². The fourth-order valence-electron chi connectivity index (χ4n) is 0.611. The molecule has 1 aromatic rings. The number of alkyl halides is 1. The Kier molecular flexibility index (Phi) is 2.35. The molecule has 0 saturated heterocycles. The van der Waals surface area contributed by atoms with Gasteiger partial charge in [0.25, 0.3) is 0 Å². The van der Waals surface area contributed by atoms with Crippen molar-refractivity contribution < 1.29 is 4.42 Å². The van der Waals surface area contributed by atoms with Gasteiger partial charge < -0.3 is 4.42 Å². The molecule has 0 bridgehead atoms. The van der Waals surface area contributed by atoms with Crippen LogP contribution in [-0.4, -0.2) is 0 Å². The van der Waals surface area contributed by atoms with Crippen LogP contribution in [0.3, 0.4) is 0 Å². The largest absolute Gasteiger partial charge is 0.453 e. The van der Waals surface area contributed by atoms with Crippen molar-refractivity contribution in [3.63, 3.8) is 0 Å². The van der Waals surface area contributed by atoms with E-state index in [9.17, 15) is 0 Å². The molecule has 1 heterocycles. The van der Waals surface area contributed by atoms with E-state index in [0.717, 1.165) is 15.8 Å². The molecule has 1 aromatic heterocycles. The van der Waals surface area contributed by atoms with E-state index >= 15 is 0 Å². The molecule has 0 aliphatic heterocycles. The monoisotopic (exact) mass is 252 g/mol. The Morgan fingerprint density at radius 1 is 1.67 bits per heavy atom. The van der Waals surface area contributed by atoms with Gasteiger partial charge in [0.2, 0.25) is 0 Å². The Bertz CT molecular complexity index is 205. The van der Waals surface area contributed by atoms with Gasteiger partial charge in [0.1, 0.15) is 5.76 Å². The fourth-order valence-corrected chi connectivity index (χ4v) is 1.71. The second kappa shape index (κ2) is 2.88. The molecule has 1 rings (SSSR count). The van der Waals surface area contributed by atoms with E-state index in [-0.39, 0.29) is 0 Å². The van der Waals surface area contributed by atoms with Gasteiger partial charge in [-0.05, 0) is 34.5 Å². The molecule has 0 aliphatic rings. The first-order chi connectivity index (χ1) is 4.24. The molecule has 0 saturated carbocycles. The Morgan fingerprint density at radius 2 is 2.33 bits per heavy atom. The maximum absolute atomic E-state index is 5.23. The summed E-state index contributed by atoms with van der Waals surface area (Å²) in [5, 5.41) is 0.782. The number of halogens is 2. The summed E-state index contributed by atoms with van der Waals surface area (Å²) >= 11 is 6.54. The lowest BCUT2D eigenvalue weighted by Crippen LogP contribution is -1.72. The van der Waals surface area contributed by atoms with E-state index in [0.29, 0.717) is 0 Å². The summed E-state index contributed by atoms with van der Waals surface area (Å²) in [6.45, 7) is 2.02. The van der Waals surface area contributed by atoms with Crippen LogP contribution in [0.4, 0.5) is 0 Å². The molecule has 0 spiro atoms. The number of furan rings is 1. The highest BCUT2D eigenvalue weighted by molar-refractivity contribution is 9.10. The molecular weight excluding hydrogens is 248 g/mol. The summed E-state index contributed by atoms with van der Waals surface area (Å²) < 4.78 is 6.03. The number of aryl methyl sites for hydroxylation is 1. The summed E-state index contributed by atoms with van der Waals surface area (Å²) in [5.41, 5.74) is 1.18. The Balaban J connectivity index is 3.01. The van der Waals surface area contributed by atoms with Gasteiger partial charge in [-0.2, -0.15) is 0 Å². The van der Waals surface area contributed by atoms with Crippen molar-refractivity contribution in [1.82, 2.24) is 0 Å². The first-order valence-electron chi connectivity index (χ1n) is 2.55. The highest BCUT2D eigenvalue weighted by atomic mass is 79.9. The molecule has 0 fully saturated rings. The first-order valence-corrected chi connectivity index (χ1v) is 4.46. The summed E-state index contributed by atoms with van der Waals surface area (Å²) in [6.07, 6.45) is 0. The molecule has 0 atom stereocenters. The average molecular weight is 254 g/mol. The van der Waals surface area contributed by atoms with E-state index in [1.54, 1.807) is 0 Å². The van der Waals surface area contributed by atoms with Crippen molar-refractivity contribution in [3.8, 4) is 0 Å². The molecular formula is C6H6Br2O. The van der Waals surface area contributed by atoms with Crippen molar-refractivity contribution in [1.29, 1.82) is 0 Å². The van der Waals surface area contributed by atoms with Crippen LogP contribution in [0.2, 0.25) is 0 Å². The van der Waals surface area contributed by atoms with Gasteiger partial charge in [-0.25, -0.2) is 0 Å². The zero-order valence-electron chi connectivity index (χ0n) is 4.95. The Labute approximate surface area is 70.7 Å². The van der Waals surface area contributed by atoms with Crippen molar-refractivity contribution in [2.75, 3.05) is 0 Å². The van der Waals surface area contributed by atoms with Crippen molar-refractivity contribution in [2.45, 2.75) is 12.3 Å². The number of rotatable bonds is 1. The van der Waals surface area contributed by atoms with Gasteiger partial charge in [0, 0.05) is 0 Å². The second-order valence-electron chi connectivity index (χ2n) is 1.79. The summed E-state index contributed by atoms with van der Waals surface area (Å²) in [5.74, 6) is 0.988. The molecule has 0 aromatic carbocycles. The van der Waals surface area contributed by atoms with Crippen LogP contribution in [-0.2, 0) is 5.33 Å². The predicted molar refractivity (Wildman–Crippen MR) is 43.8 cm³/mol. The van der Waals surface area contributed by atoms with Gasteiger partial charge in [-0.1, -0.05) is 15.9 Å². The van der Waals surface area contributed by atoms with Crippen LogP contribution in [0, 0.1) is 6.92 Å². The Hall–Kier alpha value is 0.240. The van der Waals surface area contributed by atoms with E-state index in [4.69, 9.17) is 4.42 Å². The van der Waals surface area contributed by atoms with Crippen LogP contribution < -0.4 is 0 Å². The van der Waals surface area contributed by atoms with Crippen LogP contribution >= 0.6 is 31.9 Å². The quantitative estimate of drug-likeness (QED) is 0.701. The molecule has 0 amide bonds. The van der Waals surface area contributed by atoms with Gasteiger partial charge >= 0.3 is 0 Å². The third-order valence-corrected chi connectivity index (χ3v) is 2.01. The van der Waals surface area contributed by atoms with Crippen LogP contribution in [0.15, 0.2) is 15.2 Å². The maximum Gasteiger partial charge on any atom is 0.169 e. The fraction of sp³-hybridized carbons (Fsp3) is 0.333. The topological polar surface area (TPSA) is 13.1 Å². The molecule has 0 N–H and O–H groups in total. The minimum Gasteiger partial charge on any atom is -0.453 e. The standard InChI is InChI=1S/C6H6Br2O/c1-4-2-6(8)9-5(4)3-7/h2H,3H2,1H3. The normalized spacial score (nSPS) is 10.1. The third kappa shape index (κ3) is 1.58. The van der Waals surface area contributed by atoms with Gasteiger partial charge in [-0.15, -0.1) is 0 Å². The lowest BCUT2D eigenvalue weighted by Gasteiger charge is -1.86. The minimum atomic E-state index is 0.782. The number of hydrogen-bond donors (Lipinski definition) is 0. The lowest BCUT2D eigenvalue weighted by molar-refractivity contribution is 0.505. The molecule has 0 unspecified atom stereocenters. The highest BCUT2D eigenvalue weighted by Crippen LogP contribution is 2.20. The van der Waals surface area contributed by atoms with Crippen molar-refractivity contribution in [3.05, 3.63) is 22.1 Å². The van der Waals surface area contributed by atoms with E-state index in [2.05, 4.69) is 31.9 Å². The third-order valence-electron chi connectivity index (χ3n) is 1.11. The summed E-state index contributed by atoms with van der Waals surface area (Å²) in [6, 6.07) is 1.95. The molecule has 0 radical (unpaired) electrons. The molecule has 50 valence electrons. The van der Waals surface area contributed by atoms with E-state index < -0.39 is 0 Å². The smallest absolute Gasteiger partial charge is 0.169 e. The zero-order chi connectivity index (χ0) is 6.85. The summed E-state index contributed by atoms with van der Waals surface area (Å²) in [4.78, 5) is 0. The molecule has 0 aliphatic carbocycles. The average Bonchev–Trinajstić information content (AvgIpc) is 2.10. The van der Waals surface area contributed by atoms with Crippen LogP contribution in [0.1, 0.15) is 11.3 Å². The first kappa shape index (κ1) is 7.35. The molecule has 1 nitrogen and oxygen atoms in total. The predicted octanol–water partition coefficient (Wildman–Crippen LogP) is 3.25. The SMILES string of the molecule is Cc1cc(Br)oc1CBr. The van der Waals surface area contributed by atoms with Gasteiger partial charge in [0.05, 0.1) is 5.33 Å². The van der Waals surface area contributed by atoms with Crippen molar-refractivity contribution >= 4 is 31.9 Å². The van der Waals surface area contributed by atoms with Gasteiger partial charge in [0.15, 0.2) is 4.67 Å². The van der Waals surface area contributed by atoms with E-state index in [1.807, 2.05) is 13.0 Å². The lowest BCUT2D eigenvalue weighted by atomic mass is 10.3. The second-order valence-corrected chi connectivity index (χ2v) is 3.13. The van der Waals surface area contributed by atoms with E-state index in [1.165, 1.54) is 5.56 Å².